The molecule has 0 aliphatic carbocycles. The lowest BCUT2D eigenvalue weighted by Gasteiger charge is -2.17. The lowest BCUT2D eigenvalue weighted by Crippen LogP contribution is -2.23. The standard InChI is InChI=1S/C14H20Cl3NO/c1-3-4-8-19-9-7-18-10(2)11-5-6-12(15)14(17)13(11)16/h5-6,10,18H,3-4,7-9H2,1-2H3. The number of ether oxygens (including phenoxy) is 1. The van der Waals surface area contributed by atoms with Crippen LogP contribution in [0.1, 0.15) is 38.3 Å². The van der Waals surface area contributed by atoms with Crippen molar-refractivity contribution in [3.63, 3.8) is 0 Å². The lowest BCUT2D eigenvalue weighted by molar-refractivity contribution is 0.131. The number of hydrogen-bond acceptors (Lipinski definition) is 2. The first kappa shape index (κ1) is 17.1. The van der Waals surface area contributed by atoms with Gasteiger partial charge in [0.05, 0.1) is 21.7 Å². The summed E-state index contributed by atoms with van der Waals surface area (Å²) in [5.74, 6) is 0. The van der Waals surface area contributed by atoms with Gasteiger partial charge in [0.25, 0.3) is 0 Å². The maximum absolute atomic E-state index is 6.19. The maximum atomic E-state index is 6.19. The SMILES string of the molecule is CCCCOCCNC(C)c1ccc(Cl)c(Cl)c1Cl. The molecule has 0 aromatic heterocycles. The van der Waals surface area contributed by atoms with E-state index in [2.05, 4.69) is 12.2 Å². The summed E-state index contributed by atoms with van der Waals surface area (Å²) in [6.07, 6.45) is 2.26. The van der Waals surface area contributed by atoms with E-state index in [1.807, 2.05) is 13.0 Å². The molecule has 0 saturated heterocycles. The zero-order valence-electron chi connectivity index (χ0n) is 11.3. The Balaban J connectivity index is 2.41. The highest BCUT2D eigenvalue weighted by molar-refractivity contribution is 6.48. The summed E-state index contributed by atoms with van der Waals surface area (Å²) in [4.78, 5) is 0. The minimum absolute atomic E-state index is 0.108. The van der Waals surface area contributed by atoms with E-state index in [1.165, 1.54) is 0 Å². The highest BCUT2D eigenvalue weighted by Gasteiger charge is 2.13. The molecule has 0 spiro atoms. The molecular formula is C14H20Cl3NO. The Bertz CT molecular complexity index is 399. The summed E-state index contributed by atoms with van der Waals surface area (Å²) in [5, 5.41) is 4.76. The summed E-state index contributed by atoms with van der Waals surface area (Å²) in [7, 11) is 0. The number of unbranched alkanes of at least 4 members (excludes halogenated alkanes) is 1. The summed E-state index contributed by atoms with van der Waals surface area (Å²) in [6.45, 7) is 6.48. The third-order valence-corrected chi connectivity index (χ3v) is 4.18. The first-order valence-electron chi connectivity index (χ1n) is 6.52. The van der Waals surface area contributed by atoms with Gasteiger partial charge in [-0.05, 0) is 25.0 Å². The van der Waals surface area contributed by atoms with Gasteiger partial charge in [0, 0.05) is 19.2 Å². The molecule has 1 unspecified atom stereocenters. The van der Waals surface area contributed by atoms with Crippen LogP contribution in [0.15, 0.2) is 12.1 Å². The van der Waals surface area contributed by atoms with E-state index in [1.54, 1.807) is 6.07 Å². The predicted molar refractivity (Wildman–Crippen MR) is 83.6 cm³/mol. The van der Waals surface area contributed by atoms with Crippen LogP contribution in [-0.2, 0) is 4.74 Å². The first-order chi connectivity index (χ1) is 9.07. The molecule has 0 bridgehead atoms. The van der Waals surface area contributed by atoms with Crippen LogP contribution in [0.25, 0.3) is 0 Å². The van der Waals surface area contributed by atoms with Gasteiger partial charge >= 0.3 is 0 Å². The molecule has 0 amide bonds. The van der Waals surface area contributed by atoms with Gasteiger partial charge in [0.15, 0.2) is 0 Å². The van der Waals surface area contributed by atoms with Crippen LogP contribution in [0.3, 0.4) is 0 Å². The second-order valence-corrected chi connectivity index (χ2v) is 5.57. The predicted octanol–water partition coefficient (Wildman–Crippen LogP) is 5.11. The van der Waals surface area contributed by atoms with Gasteiger partial charge in [0.1, 0.15) is 0 Å². The minimum atomic E-state index is 0.108. The van der Waals surface area contributed by atoms with E-state index in [9.17, 15) is 0 Å². The quantitative estimate of drug-likeness (QED) is 0.529. The Kier molecular flexibility index (Phi) is 8.12. The molecule has 5 heteroatoms. The maximum Gasteiger partial charge on any atom is 0.0781 e. The monoisotopic (exact) mass is 323 g/mol. The Morgan fingerprint density at radius 3 is 2.58 bits per heavy atom. The van der Waals surface area contributed by atoms with Crippen molar-refractivity contribution in [1.82, 2.24) is 5.32 Å². The van der Waals surface area contributed by atoms with E-state index in [0.29, 0.717) is 21.7 Å². The van der Waals surface area contributed by atoms with Crippen LogP contribution in [0.4, 0.5) is 0 Å². The number of halogens is 3. The van der Waals surface area contributed by atoms with Crippen LogP contribution >= 0.6 is 34.8 Å². The largest absolute Gasteiger partial charge is 0.380 e. The molecule has 1 atom stereocenters. The Morgan fingerprint density at radius 2 is 1.89 bits per heavy atom. The molecule has 1 N–H and O–H groups in total. The molecule has 108 valence electrons. The van der Waals surface area contributed by atoms with Crippen LogP contribution in [0.2, 0.25) is 15.1 Å². The number of hydrogen-bond donors (Lipinski definition) is 1. The van der Waals surface area contributed by atoms with E-state index >= 15 is 0 Å². The van der Waals surface area contributed by atoms with Crippen molar-refractivity contribution < 1.29 is 4.74 Å². The van der Waals surface area contributed by atoms with Gasteiger partial charge < -0.3 is 10.1 Å². The highest BCUT2D eigenvalue weighted by atomic mass is 35.5. The van der Waals surface area contributed by atoms with E-state index < -0.39 is 0 Å². The number of rotatable bonds is 8. The number of nitrogens with one attached hydrogen (secondary N) is 1. The molecule has 0 radical (unpaired) electrons. The Morgan fingerprint density at radius 1 is 1.16 bits per heavy atom. The van der Waals surface area contributed by atoms with Gasteiger partial charge in [-0.15, -0.1) is 0 Å². The minimum Gasteiger partial charge on any atom is -0.380 e. The molecule has 0 heterocycles. The van der Waals surface area contributed by atoms with Gasteiger partial charge in [-0.25, -0.2) is 0 Å². The van der Waals surface area contributed by atoms with Gasteiger partial charge in [-0.3, -0.25) is 0 Å². The second kappa shape index (κ2) is 9.04. The van der Waals surface area contributed by atoms with E-state index in [4.69, 9.17) is 39.5 Å². The fraction of sp³-hybridized carbons (Fsp3) is 0.571. The van der Waals surface area contributed by atoms with E-state index in [0.717, 1.165) is 31.6 Å². The average molecular weight is 325 g/mol. The molecule has 1 aromatic carbocycles. The topological polar surface area (TPSA) is 21.3 Å². The smallest absolute Gasteiger partial charge is 0.0781 e. The summed E-state index contributed by atoms with van der Waals surface area (Å²) < 4.78 is 5.49. The summed E-state index contributed by atoms with van der Waals surface area (Å²) in [6, 6.07) is 3.77. The summed E-state index contributed by atoms with van der Waals surface area (Å²) >= 11 is 18.1. The molecule has 0 aliphatic heterocycles. The Labute approximate surface area is 130 Å². The fourth-order valence-corrected chi connectivity index (χ4v) is 2.39. The van der Waals surface area contributed by atoms with Gasteiger partial charge in [0.2, 0.25) is 0 Å². The molecular weight excluding hydrogens is 305 g/mol. The normalized spacial score (nSPS) is 12.7. The van der Waals surface area contributed by atoms with E-state index in [-0.39, 0.29) is 6.04 Å². The van der Waals surface area contributed by atoms with Gasteiger partial charge in [-0.1, -0.05) is 54.2 Å². The molecule has 0 saturated carbocycles. The third kappa shape index (κ3) is 5.49. The fourth-order valence-electron chi connectivity index (χ4n) is 1.68. The van der Waals surface area contributed by atoms with Crippen molar-refractivity contribution >= 4 is 34.8 Å². The molecule has 1 rings (SSSR count). The molecule has 1 aromatic rings. The van der Waals surface area contributed by atoms with Crippen molar-refractivity contribution in [1.29, 1.82) is 0 Å². The summed E-state index contributed by atoms with van der Waals surface area (Å²) in [5.41, 5.74) is 0.949. The van der Waals surface area contributed by atoms with Gasteiger partial charge in [-0.2, -0.15) is 0 Å². The molecule has 0 fully saturated rings. The zero-order chi connectivity index (χ0) is 14.3. The highest BCUT2D eigenvalue weighted by Crippen LogP contribution is 2.35. The van der Waals surface area contributed by atoms with Crippen molar-refractivity contribution in [3.05, 3.63) is 32.8 Å². The van der Waals surface area contributed by atoms with Crippen LogP contribution in [0, 0.1) is 0 Å². The molecule has 19 heavy (non-hydrogen) atoms. The molecule has 2 nitrogen and oxygen atoms in total. The first-order valence-corrected chi connectivity index (χ1v) is 7.65. The van der Waals surface area contributed by atoms with Crippen LogP contribution < -0.4 is 5.32 Å². The molecule has 0 aliphatic rings. The lowest BCUT2D eigenvalue weighted by atomic mass is 10.1. The average Bonchev–Trinajstić information content (AvgIpc) is 2.40. The zero-order valence-corrected chi connectivity index (χ0v) is 13.6. The van der Waals surface area contributed by atoms with Crippen molar-refractivity contribution in [2.24, 2.45) is 0 Å². The van der Waals surface area contributed by atoms with Crippen LogP contribution in [0.5, 0.6) is 0 Å². The van der Waals surface area contributed by atoms with Crippen molar-refractivity contribution in [2.45, 2.75) is 32.7 Å². The number of benzene rings is 1. The third-order valence-electron chi connectivity index (χ3n) is 2.87. The van der Waals surface area contributed by atoms with Crippen molar-refractivity contribution in [3.8, 4) is 0 Å². The van der Waals surface area contributed by atoms with Crippen LogP contribution in [-0.4, -0.2) is 19.8 Å². The second-order valence-electron chi connectivity index (χ2n) is 4.41. The van der Waals surface area contributed by atoms with Crippen molar-refractivity contribution in [2.75, 3.05) is 19.8 Å². The Hall–Kier alpha value is 0.01000.